The van der Waals surface area contributed by atoms with Crippen molar-refractivity contribution in [2.45, 2.75) is 162 Å². The van der Waals surface area contributed by atoms with Gasteiger partial charge in [0.25, 0.3) is 7.59 Å². The van der Waals surface area contributed by atoms with Gasteiger partial charge in [0.15, 0.2) is 0 Å². The van der Waals surface area contributed by atoms with Gasteiger partial charge < -0.3 is 24.9 Å². The van der Waals surface area contributed by atoms with Gasteiger partial charge in [-0.1, -0.05) is 55.4 Å². The van der Waals surface area contributed by atoms with Crippen molar-refractivity contribution in [1.29, 1.82) is 0 Å². The molecule has 0 bridgehead atoms. The monoisotopic (exact) mass is 1810 g/mol. The molecular weight excluding hydrogens is 1690 g/mol. The lowest BCUT2D eigenvalue weighted by atomic mass is 10.1. The van der Waals surface area contributed by atoms with Gasteiger partial charge in [-0.3, -0.25) is 46.8 Å². The normalized spacial score (nSPS) is 14.7. The summed E-state index contributed by atoms with van der Waals surface area (Å²) in [5.41, 5.74) is 17.9. The molecule has 4 aliphatic rings. The zero-order valence-corrected chi connectivity index (χ0v) is 78.7. The Morgan fingerprint density at radius 2 is 0.606 bits per heavy atom. The van der Waals surface area contributed by atoms with Crippen molar-refractivity contribution >= 4 is 47.6 Å². The highest BCUT2D eigenvalue weighted by molar-refractivity contribution is 7.56. The summed E-state index contributed by atoms with van der Waals surface area (Å²) in [6.45, 7) is 24.4. The first-order valence-corrected chi connectivity index (χ1v) is 47.1. The molecule has 0 saturated carbocycles. The summed E-state index contributed by atoms with van der Waals surface area (Å²) in [7, 11) is 9.92. The van der Waals surface area contributed by atoms with Gasteiger partial charge in [0.1, 0.15) is 0 Å². The second kappa shape index (κ2) is 38.4. The summed E-state index contributed by atoms with van der Waals surface area (Å²) in [6, 6.07) is 10.1. The Morgan fingerprint density at radius 3 is 0.856 bits per heavy atom. The second-order valence-corrected chi connectivity index (χ2v) is 37.9. The third-order valence-corrected chi connectivity index (χ3v) is 29.0. The fourth-order valence-electron chi connectivity index (χ4n) is 17.7. The summed E-state index contributed by atoms with van der Waals surface area (Å²) >= 11 is 0. The molecule has 132 heavy (non-hydrogen) atoms. The zero-order valence-electron chi connectivity index (χ0n) is 77.8. The number of rotatable bonds is 27. The standard InChI is InChI=1S/C24H35N10OP.C23H29N9O.C22H27N9O.C22H26N8O/c1-7-20(8-2)32-14-19(12-27-32)24-23-9-10-25-34(23)17-22(28-24)18-11-26-33(13-18)21-15-31(16-21)36(35,29(3)4)30(5)6;1-5-18(6-2)30-12-17(10-26-30)22-21-7-8-24-32(21)15-20(27-22)16-9-25-31(11-16)19-13-29(14-19)23(33)28(3)4;1-4-17(5-2)29-11-16(9-26-29)21-20-6-7-24-31(20)14-19(27-21)15-8-25-30(10-15)18-12-28(13-18)22(32)23-3;1-4-18(5-2)28-11-17(9-25-28)22-21-6-7-23-30(21)14-20(26-22)16-8-24-29(10-16)19-12-27(13-19)15(3)31/h9-14,17,20-21H,7-8,15-16H2,1-6H3;7-12,15,18-19H,5-6,13-14H2,1-4H3;6-11,14,17-18H,4-5,12-13H2,1-3H3,(H,23,32);6-11,14,18-19H,4-5,12-13H2,1-3H3. The quantitative estimate of drug-likeness (QED) is 0.0467. The number of hydrogen-bond donors (Lipinski definition) is 1. The smallest absolute Gasteiger partial charge is 0.319 e. The van der Waals surface area contributed by atoms with Crippen LogP contribution < -0.4 is 5.32 Å². The van der Waals surface area contributed by atoms with Crippen molar-refractivity contribution in [1.82, 2.24) is 176 Å². The number of fused-ring (bicyclic) bond motifs is 4. The molecule has 41 heteroatoms. The lowest BCUT2D eigenvalue weighted by Crippen LogP contribution is -2.53. The summed E-state index contributed by atoms with van der Waals surface area (Å²) in [4.78, 5) is 62.2. The number of nitrogens with one attached hydrogen (secondary N) is 1. The molecule has 4 saturated heterocycles. The number of hydrogen-bond acceptors (Lipinski definition) is 20. The van der Waals surface area contributed by atoms with Gasteiger partial charge in [-0.2, -0.15) is 61.2 Å². The molecule has 690 valence electrons. The van der Waals surface area contributed by atoms with Crippen LogP contribution in [0.1, 0.15) is 162 Å². The molecular formula is C91H117N36O4P. The molecule has 16 aromatic rings. The van der Waals surface area contributed by atoms with Crippen LogP contribution in [0.2, 0.25) is 0 Å². The van der Waals surface area contributed by atoms with Crippen LogP contribution in [0.5, 0.6) is 0 Å². The fraction of sp³-hybridized carbons (Fsp3) is 0.440. The molecule has 5 amide bonds. The maximum absolute atomic E-state index is 13.5. The van der Waals surface area contributed by atoms with Crippen LogP contribution in [0.15, 0.2) is 173 Å². The summed E-state index contributed by atoms with van der Waals surface area (Å²) in [5, 5.41) is 57.1. The number of aromatic nitrogens is 28. The van der Waals surface area contributed by atoms with Gasteiger partial charge in [-0.05, 0) is 104 Å². The van der Waals surface area contributed by atoms with Gasteiger partial charge in [-0.25, -0.2) is 61.6 Å². The Hall–Kier alpha value is -13.7. The van der Waals surface area contributed by atoms with E-state index in [1.54, 1.807) is 62.7 Å². The maximum atomic E-state index is 13.5. The largest absolute Gasteiger partial charge is 0.341 e. The number of carbonyl (C=O) groups is 3. The highest BCUT2D eigenvalue weighted by Gasteiger charge is 2.45. The number of amides is 5. The van der Waals surface area contributed by atoms with Crippen molar-refractivity contribution < 1.29 is 18.9 Å². The minimum Gasteiger partial charge on any atom is -0.341 e. The van der Waals surface area contributed by atoms with Crippen LogP contribution in [-0.2, 0) is 9.36 Å². The van der Waals surface area contributed by atoms with E-state index in [-0.39, 0.29) is 42.1 Å². The molecule has 4 fully saturated rings. The number of carbonyl (C=O) groups excluding carboxylic acids is 3. The van der Waals surface area contributed by atoms with E-state index in [2.05, 4.69) is 147 Å². The molecule has 0 atom stereocenters. The van der Waals surface area contributed by atoms with Crippen molar-refractivity contribution in [2.24, 2.45) is 0 Å². The molecule has 20 rings (SSSR count). The molecule has 1 N–H and O–H groups in total. The van der Waals surface area contributed by atoms with Gasteiger partial charge in [0, 0.05) is 175 Å². The molecule has 0 unspecified atom stereocenters. The third kappa shape index (κ3) is 17.8. The predicted octanol–water partition coefficient (Wildman–Crippen LogP) is 13.5. The minimum atomic E-state index is -2.72. The van der Waals surface area contributed by atoms with Crippen molar-refractivity contribution in [3.8, 4) is 90.1 Å². The minimum absolute atomic E-state index is 0.0306. The van der Waals surface area contributed by atoms with Crippen LogP contribution >= 0.6 is 7.59 Å². The maximum Gasteiger partial charge on any atom is 0.319 e. The topological polar surface area (TPSA) is 366 Å². The van der Waals surface area contributed by atoms with E-state index in [0.717, 1.165) is 163 Å². The first-order chi connectivity index (χ1) is 63.9. The van der Waals surface area contributed by atoms with E-state index >= 15 is 0 Å². The van der Waals surface area contributed by atoms with Crippen LogP contribution in [0, 0.1) is 0 Å². The predicted molar refractivity (Wildman–Crippen MR) is 502 cm³/mol. The van der Waals surface area contributed by atoms with Crippen LogP contribution in [-0.4, -0.2) is 290 Å². The van der Waals surface area contributed by atoms with Crippen LogP contribution in [0.3, 0.4) is 0 Å². The molecule has 0 aliphatic carbocycles. The highest BCUT2D eigenvalue weighted by atomic mass is 31.2. The number of nitrogens with zero attached hydrogens (tertiary/aromatic N) is 35. The van der Waals surface area contributed by atoms with E-state index in [4.69, 9.17) is 19.9 Å². The summed E-state index contributed by atoms with van der Waals surface area (Å²) in [6.07, 6.45) is 54.2. The zero-order chi connectivity index (χ0) is 92.5. The molecule has 16 aromatic heterocycles. The Labute approximate surface area is 765 Å². The molecule has 4 aliphatic heterocycles. The molecule has 0 radical (unpaired) electrons. The lowest BCUT2D eigenvalue weighted by molar-refractivity contribution is -0.134. The highest BCUT2D eigenvalue weighted by Crippen LogP contribution is 2.57. The summed E-state index contributed by atoms with van der Waals surface area (Å²) < 4.78 is 42.4. The Balaban J connectivity index is 0.000000123. The molecule has 20 heterocycles. The number of likely N-dealkylation sites (tertiary alicyclic amines) is 3. The Kier molecular flexibility index (Phi) is 26.2. The van der Waals surface area contributed by atoms with Gasteiger partial charge in [-0.15, -0.1) is 0 Å². The van der Waals surface area contributed by atoms with E-state index in [0.29, 0.717) is 76.5 Å². The van der Waals surface area contributed by atoms with Crippen molar-refractivity contribution in [3.05, 3.63) is 173 Å². The van der Waals surface area contributed by atoms with Crippen LogP contribution in [0.25, 0.3) is 112 Å². The average Bonchev–Trinajstić information content (AvgIpc) is 1.56. The first kappa shape index (κ1) is 90.2. The molecule has 0 spiro atoms. The number of urea groups is 2. The van der Waals surface area contributed by atoms with Crippen molar-refractivity contribution in [3.63, 3.8) is 0 Å². The SMILES string of the molecule is CCC(CC)n1cc(-c2nc(-c3cnn(C4CN(C(=O)N(C)C)C4)c3)cn3nccc23)cn1.CCC(CC)n1cc(-c2nc(-c3cnn(C4CN(C(=O)NC)C4)c3)cn3nccc23)cn1.CCC(CC)n1cc(-c2nc(-c3cnn(C4CN(C(C)=O)C4)c3)cn3nccc23)cn1.CCC(CC)n1cc(-c2nc(-c3cnn(C4CN(P(=O)(N(C)C)N(C)C)C4)c3)cn3nccc23)cn1. The van der Waals surface area contributed by atoms with Crippen LogP contribution in [0.4, 0.5) is 9.59 Å². The van der Waals surface area contributed by atoms with Crippen molar-refractivity contribution in [2.75, 3.05) is 102 Å². The van der Waals surface area contributed by atoms with E-state index in [9.17, 15) is 18.9 Å². The summed E-state index contributed by atoms with van der Waals surface area (Å²) in [5.74, 6) is 0.105. The third-order valence-electron chi connectivity index (χ3n) is 25.9. The lowest BCUT2D eigenvalue weighted by Gasteiger charge is -2.47. The average molecular weight is 1810 g/mol. The van der Waals surface area contributed by atoms with Gasteiger partial charge in [0.05, 0.1) is 215 Å². The van der Waals surface area contributed by atoms with Gasteiger partial charge in [0.2, 0.25) is 5.91 Å². The molecule has 0 aromatic carbocycles. The van der Waals surface area contributed by atoms with E-state index < -0.39 is 7.59 Å². The van der Waals surface area contributed by atoms with Gasteiger partial charge >= 0.3 is 12.1 Å². The Bertz CT molecular complexity index is 6720. The van der Waals surface area contributed by atoms with E-state index in [1.807, 2.05) is 231 Å². The second-order valence-electron chi connectivity index (χ2n) is 34.8. The first-order valence-electron chi connectivity index (χ1n) is 45.5. The fourth-order valence-corrected chi connectivity index (χ4v) is 20.2. The van der Waals surface area contributed by atoms with E-state index in [1.165, 1.54) is 0 Å². The molecule has 40 nitrogen and oxygen atoms in total. The Morgan fingerprint density at radius 1 is 0.348 bits per heavy atom.